The molecule has 2 aromatic carbocycles. The smallest absolute Gasteiger partial charge is 0.322 e. The van der Waals surface area contributed by atoms with Crippen molar-refractivity contribution in [1.29, 1.82) is 0 Å². The minimum Gasteiger partial charge on any atom is -0.336 e. The largest absolute Gasteiger partial charge is 0.336 e. The predicted molar refractivity (Wildman–Crippen MR) is 111 cm³/mol. The van der Waals surface area contributed by atoms with E-state index in [4.69, 9.17) is 0 Å². The van der Waals surface area contributed by atoms with Gasteiger partial charge in [-0.2, -0.15) is 0 Å². The second-order valence-corrected chi connectivity index (χ2v) is 8.03. The molecule has 29 heavy (non-hydrogen) atoms. The quantitative estimate of drug-likeness (QED) is 0.840. The molecule has 0 aromatic heterocycles. The summed E-state index contributed by atoms with van der Waals surface area (Å²) in [6.07, 6.45) is -0.357. The molecule has 1 saturated heterocycles. The molecule has 2 heterocycles. The maximum absolute atomic E-state index is 14.2. The Morgan fingerprint density at radius 1 is 1.10 bits per heavy atom. The fraction of sp³-hybridized carbons (Fsp3) is 0.391. The number of rotatable bonds is 2. The van der Waals surface area contributed by atoms with Crippen LogP contribution < -0.4 is 5.32 Å². The van der Waals surface area contributed by atoms with Crippen molar-refractivity contribution in [2.45, 2.75) is 45.4 Å². The first kappa shape index (κ1) is 19.4. The molecule has 0 unspecified atom stereocenters. The van der Waals surface area contributed by atoms with Crippen molar-refractivity contribution in [1.82, 2.24) is 9.80 Å². The maximum atomic E-state index is 14.2. The first-order valence-corrected chi connectivity index (χ1v) is 10.1. The fourth-order valence-electron chi connectivity index (χ4n) is 4.20. The molecule has 2 aliphatic heterocycles. The van der Waals surface area contributed by atoms with Gasteiger partial charge in [0.1, 0.15) is 12.2 Å². The number of halogens is 1. The van der Waals surface area contributed by atoms with Crippen LogP contribution in [0.3, 0.4) is 0 Å². The van der Waals surface area contributed by atoms with E-state index in [-0.39, 0.29) is 18.9 Å². The van der Waals surface area contributed by atoms with Crippen LogP contribution in [0.2, 0.25) is 0 Å². The molecule has 4 rings (SSSR count). The lowest BCUT2D eigenvalue weighted by molar-refractivity contribution is -0.136. The molecular weight excluding hydrogens is 369 g/mol. The van der Waals surface area contributed by atoms with Crippen LogP contribution in [0.15, 0.2) is 42.5 Å². The van der Waals surface area contributed by atoms with E-state index in [1.165, 1.54) is 10.5 Å². The van der Waals surface area contributed by atoms with Gasteiger partial charge in [0, 0.05) is 25.2 Å². The first-order chi connectivity index (χ1) is 13.9. The zero-order valence-corrected chi connectivity index (χ0v) is 16.8. The van der Waals surface area contributed by atoms with Gasteiger partial charge in [0.15, 0.2) is 0 Å². The molecule has 1 N–H and O–H groups in total. The van der Waals surface area contributed by atoms with Crippen molar-refractivity contribution in [3.05, 3.63) is 64.7 Å². The Bertz CT molecular complexity index is 945. The van der Waals surface area contributed by atoms with Gasteiger partial charge in [-0.15, -0.1) is 0 Å². The van der Waals surface area contributed by atoms with E-state index in [2.05, 4.69) is 11.4 Å². The summed E-state index contributed by atoms with van der Waals surface area (Å²) in [6, 6.07) is 12.7. The molecule has 6 heteroatoms. The van der Waals surface area contributed by atoms with Crippen LogP contribution in [0.1, 0.15) is 28.7 Å². The number of amides is 3. The summed E-state index contributed by atoms with van der Waals surface area (Å²) in [5.74, 6) is -0.171. The monoisotopic (exact) mass is 395 g/mol. The van der Waals surface area contributed by atoms with E-state index in [9.17, 15) is 14.0 Å². The highest BCUT2D eigenvalue weighted by Crippen LogP contribution is 2.27. The van der Waals surface area contributed by atoms with Gasteiger partial charge in [0.05, 0.1) is 6.54 Å². The van der Waals surface area contributed by atoms with E-state index in [0.29, 0.717) is 18.8 Å². The number of likely N-dealkylation sites (tertiary alicyclic amines) is 1. The second kappa shape index (κ2) is 7.85. The van der Waals surface area contributed by atoms with Crippen LogP contribution >= 0.6 is 0 Å². The van der Waals surface area contributed by atoms with E-state index in [1.54, 1.807) is 4.90 Å². The number of hydrogen-bond donors (Lipinski definition) is 1. The number of aryl methyl sites for hydroxylation is 2. The Morgan fingerprint density at radius 3 is 2.66 bits per heavy atom. The fourth-order valence-corrected chi connectivity index (χ4v) is 4.20. The van der Waals surface area contributed by atoms with Crippen LogP contribution in [0.25, 0.3) is 0 Å². The van der Waals surface area contributed by atoms with Gasteiger partial charge in [0.25, 0.3) is 0 Å². The van der Waals surface area contributed by atoms with Crippen molar-refractivity contribution in [2.24, 2.45) is 0 Å². The molecule has 0 radical (unpaired) electrons. The summed E-state index contributed by atoms with van der Waals surface area (Å²) in [5, 5.41) is 2.87. The van der Waals surface area contributed by atoms with Crippen molar-refractivity contribution < 1.29 is 14.0 Å². The number of alkyl halides is 1. The van der Waals surface area contributed by atoms with Crippen LogP contribution in [-0.4, -0.2) is 47.0 Å². The molecule has 0 spiro atoms. The molecule has 0 aliphatic carbocycles. The molecule has 2 aliphatic rings. The van der Waals surface area contributed by atoms with Gasteiger partial charge >= 0.3 is 6.03 Å². The third kappa shape index (κ3) is 3.97. The summed E-state index contributed by atoms with van der Waals surface area (Å²) >= 11 is 0. The molecule has 2 atom stereocenters. The number of hydrogen-bond acceptors (Lipinski definition) is 2. The van der Waals surface area contributed by atoms with Gasteiger partial charge in [0.2, 0.25) is 5.91 Å². The molecule has 0 bridgehead atoms. The lowest BCUT2D eigenvalue weighted by atomic mass is 9.99. The predicted octanol–water partition coefficient (Wildman–Crippen LogP) is 3.83. The lowest BCUT2D eigenvalue weighted by Crippen LogP contribution is -2.50. The number of carbonyl (C=O) groups excluding carboxylic acids is 2. The average Bonchev–Trinajstić information content (AvgIpc) is 3.11. The summed E-state index contributed by atoms with van der Waals surface area (Å²) in [4.78, 5) is 29.2. The topological polar surface area (TPSA) is 52.7 Å². The minimum absolute atomic E-state index is 0.0528. The highest BCUT2D eigenvalue weighted by Gasteiger charge is 2.42. The molecule has 5 nitrogen and oxygen atoms in total. The minimum atomic E-state index is -1.19. The standard InChI is InChI=1S/C23H26FN3O2/c1-15-7-8-16(2)20(11-15)25-23(29)27-14-19(24)12-21(27)22(28)26-10-9-17-5-3-4-6-18(17)13-26/h3-8,11,19,21H,9-10,12-14H2,1-2H3,(H,25,29)/t19-,21-/m0/s1. The van der Waals surface area contributed by atoms with Gasteiger partial charge in [-0.3, -0.25) is 4.79 Å². The number of fused-ring (bicyclic) bond motifs is 1. The van der Waals surface area contributed by atoms with Crippen LogP contribution in [0.4, 0.5) is 14.9 Å². The number of anilines is 1. The van der Waals surface area contributed by atoms with Crippen molar-refractivity contribution >= 4 is 17.6 Å². The SMILES string of the molecule is Cc1ccc(C)c(NC(=O)N2C[C@@H](F)C[C@H]2C(=O)N2CCc3ccccc3C2)c1. The Morgan fingerprint density at radius 2 is 1.86 bits per heavy atom. The molecule has 152 valence electrons. The summed E-state index contributed by atoms with van der Waals surface area (Å²) in [7, 11) is 0. The first-order valence-electron chi connectivity index (χ1n) is 10.1. The molecule has 2 aromatic rings. The highest BCUT2D eigenvalue weighted by atomic mass is 19.1. The third-order valence-corrected chi connectivity index (χ3v) is 5.87. The zero-order chi connectivity index (χ0) is 20.5. The summed E-state index contributed by atoms with van der Waals surface area (Å²) < 4.78 is 14.2. The van der Waals surface area contributed by atoms with Gasteiger partial charge < -0.3 is 15.1 Å². The van der Waals surface area contributed by atoms with E-state index < -0.39 is 18.2 Å². The number of nitrogens with one attached hydrogen (secondary N) is 1. The van der Waals surface area contributed by atoms with Crippen LogP contribution in [-0.2, 0) is 17.8 Å². The van der Waals surface area contributed by atoms with E-state index in [1.807, 2.05) is 50.2 Å². The number of nitrogens with zero attached hydrogens (tertiary/aromatic N) is 2. The number of benzene rings is 2. The average molecular weight is 395 g/mol. The van der Waals surface area contributed by atoms with Gasteiger partial charge in [-0.25, -0.2) is 9.18 Å². The van der Waals surface area contributed by atoms with Crippen molar-refractivity contribution in [2.75, 3.05) is 18.4 Å². The second-order valence-electron chi connectivity index (χ2n) is 8.03. The Labute approximate surface area is 170 Å². The highest BCUT2D eigenvalue weighted by molar-refractivity contribution is 5.95. The van der Waals surface area contributed by atoms with E-state index >= 15 is 0 Å². The number of urea groups is 1. The van der Waals surface area contributed by atoms with Crippen molar-refractivity contribution in [3.63, 3.8) is 0 Å². The zero-order valence-electron chi connectivity index (χ0n) is 16.8. The Hall–Kier alpha value is -2.89. The lowest BCUT2D eigenvalue weighted by Gasteiger charge is -2.33. The normalized spacial score (nSPS) is 21.1. The van der Waals surface area contributed by atoms with Crippen molar-refractivity contribution in [3.8, 4) is 0 Å². The van der Waals surface area contributed by atoms with Crippen LogP contribution in [0, 0.1) is 13.8 Å². The molecule has 0 saturated carbocycles. The molecule has 1 fully saturated rings. The Balaban J connectivity index is 1.50. The summed E-state index contributed by atoms with van der Waals surface area (Å²) in [5.41, 5.74) is 5.00. The molecular formula is C23H26FN3O2. The van der Waals surface area contributed by atoms with E-state index in [0.717, 1.165) is 23.1 Å². The summed E-state index contributed by atoms with van der Waals surface area (Å²) in [6.45, 7) is 4.90. The Kier molecular flexibility index (Phi) is 5.26. The van der Waals surface area contributed by atoms with Crippen LogP contribution in [0.5, 0.6) is 0 Å². The third-order valence-electron chi connectivity index (χ3n) is 5.87. The maximum Gasteiger partial charge on any atom is 0.322 e. The van der Waals surface area contributed by atoms with Gasteiger partial charge in [-0.1, -0.05) is 36.4 Å². The molecule has 3 amide bonds. The van der Waals surface area contributed by atoms with Gasteiger partial charge in [-0.05, 0) is 48.6 Å². The number of carbonyl (C=O) groups is 2.